The van der Waals surface area contributed by atoms with Gasteiger partial charge in [-0.05, 0) is 25.1 Å². The van der Waals surface area contributed by atoms with Crippen LogP contribution in [0, 0.1) is 6.92 Å². The molecule has 2 heterocycles. The van der Waals surface area contributed by atoms with E-state index in [-0.39, 0.29) is 12.1 Å². The predicted molar refractivity (Wildman–Crippen MR) is 74.8 cm³/mol. The molecule has 0 amide bonds. The number of rotatable bonds is 2. The minimum absolute atomic E-state index is 0.0501. The molecule has 0 fully saturated rings. The highest BCUT2D eigenvalue weighted by Crippen LogP contribution is 2.41. The van der Waals surface area contributed by atoms with Gasteiger partial charge < -0.3 is 15.2 Å². The first kappa shape index (κ1) is 12.4. The second-order valence-corrected chi connectivity index (χ2v) is 5.71. The topological polar surface area (TPSA) is 57.4 Å². The zero-order chi connectivity index (χ0) is 13.4. The highest BCUT2D eigenvalue weighted by molar-refractivity contribution is 7.09. The molecule has 2 N–H and O–H groups in total. The van der Waals surface area contributed by atoms with Crippen LogP contribution in [0.15, 0.2) is 23.6 Å². The monoisotopic (exact) mass is 276 g/mol. The summed E-state index contributed by atoms with van der Waals surface area (Å²) in [4.78, 5) is 4.49. The summed E-state index contributed by atoms with van der Waals surface area (Å²) in [5.74, 6) is 1.64. The van der Waals surface area contributed by atoms with Crippen molar-refractivity contribution < 1.29 is 9.47 Å². The Labute approximate surface area is 116 Å². The Bertz CT molecular complexity index is 597. The molecule has 0 spiro atoms. The molecule has 0 aliphatic carbocycles. The zero-order valence-electron chi connectivity index (χ0n) is 10.9. The van der Waals surface area contributed by atoms with Crippen molar-refractivity contribution in [3.63, 3.8) is 0 Å². The lowest BCUT2D eigenvalue weighted by atomic mass is 9.96. The minimum Gasteiger partial charge on any atom is -0.497 e. The van der Waals surface area contributed by atoms with Gasteiger partial charge in [0, 0.05) is 23.4 Å². The molecule has 1 aromatic carbocycles. The molecule has 3 rings (SSSR count). The van der Waals surface area contributed by atoms with Gasteiger partial charge in [-0.1, -0.05) is 0 Å². The summed E-state index contributed by atoms with van der Waals surface area (Å²) in [6, 6.07) is 5.70. The SMILES string of the molecule is COc1ccc2c(c1)[C@@H](N)CC(c1csc(C)n1)O2. The molecule has 0 saturated heterocycles. The van der Waals surface area contributed by atoms with Crippen LogP contribution >= 0.6 is 11.3 Å². The van der Waals surface area contributed by atoms with Gasteiger partial charge in [-0.2, -0.15) is 0 Å². The lowest BCUT2D eigenvalue weighted by Crippen LogP contribution is -2.24. The van der Waals surface area contributed by atoms with Crippen molar-refractivity contribution in [1.82, 2.24) is 4.98 Å². The van der Waals surface area contributed by atoms with E-state index in [0.29, 0.717) is 0 Å². The third-order valence-electron chi connectivity index (χ3n) is 3.32. The van der Waals surface area contributed by atoms with Crippen LogP contribution in [0.1, 0.15) is 34.8 Å². The van der Waals surface area contributed by atoms with Crippen LogP contribution < -0.4 is 15.2 Å². The summed E-state index contributed by atoms with van der Waals surface area (Å²) in [5.41, 5.74) is 8.22. The molecular formula is C14H16N2O2S. The molecule has 0 radical (unpaired) electrons. The Hall–Kier alpha value is -1.59. The first-order valence-corrected chi connectivity index (χ1v) is 7.07. The number of aryl methyl sites for hydroxylation is 1. The Morgan fingerprint density at radius 3 is 3.00 bits per heavy atom. The predicted octanol–water partition coefficient (Wildman–Crippen LogP) is 2.98. The van der Waals surface area contributed by atoms with Crippen molar-refractivity contribution in [2.75, 3.05) is 7.11 Å². The Kier molecular flexibility index (Phi) is 3.16. The summed E-state index contributed by atoms with van der Waals surface area (Å²) in [6.45, 7) is 2.00. The molecule has 2 atom stereocenters. The van der Waals surface area contributed by atoms with Crippen LogP contribution in [0.4, 0.5) is 0 Å². The van der Waals surface area contributed by atoms with Gasteiger partial charge in [0.2, 0.25) is 0 Å². The molecule has 1 aliphatic rings. The lowest BCUT2D eigenvalue weighted by molar-refractivity contribution is 0.157. The molecule has 5 heteroatoms. The summed E-state index contributed by atoms with van der Waals surface area (Å²) in [6.07, 6.45) is 0.685. The molecule has 1 aliphatic heterocycles. The van der Waals surface area contributed by atoms with Crippen molar-refractivity contribution in [2.45, 2.75) is 25.5 Å². The van der Waals surface area contributed by atoms with Gasteiger partial charge in [0.25, 0.3) is 0 Å². The number of nitrogens with zero attached hydrogens (tertiary/aromatic N) is 1. The number of benzene rings is 1. The molecule has 0 saturated carbocycles. The van der Waals surface area contributed by atoms with E-state index in [1.807, 2.05) is 30.5 Å². The molecule has 1 aromatic heterocycles. The maximum absolute atomic E-state index is 6.24. The van der Waals surface area contributed by atoms with Crippen LogP contribution in [0.3, 0.4) is 0 Å². The van der Waals surface area contributed by atoms with E-state index in [4.69, 9.17) is 15.2 Å². The Morgan fingerprint density at radius 2 is 2.32 bits per heavy atom. The smallest absolute Gasteiger partial charge is 0.143 e. The quantitative estimate of drug-likeness (QED) is 0.916. The van der Waals surface area contributed by atoms with Gasteiger partial charge in [-0.3, -0.25) is 0 Å². The first-order chi connectivity index (χ1) is 9.17. The molecule has 100 valence electrons. The van der Waals surface area contributed by atoms with E-state index in [0.717, 1.165) is 34.2 Å². The van der Waals surface area contributed by atoms with Crippen LogP contribution in [-0.2, 0) is 0 Å². The number of methoxy groups -OCH3 is 1. The van der Waals surface area contributed by atoms with E-state index in [2.05, 4.69) is 4.98 Å². The van der Waals surface area contributed by atoms with Crippen molar-refractivity contribution in [1.29, 1.82) is 0 Å². The number of hydrogen-bond acceptors (Lipinski definition) is 5. The molecule has 1 unspecified atom stereocenters. The number of thiazole rings is 1. The summed E-state index contributed by atoms with van der Waals surface area (Å²) >= 11 is 1.63. The Balaban J connectivity index is 1.92. The van der Waals surface area contributed by atoms with E-state index in [9.17, 15) is 0 Å². The van der Waals surface area contributed by atoms with Gasteiger partial charge in [-0.15, -0.1) is 11.3 Å². The van der Waals surface area contributed by atoms with E-state index in [1.165, 1.54) is 0 Å². The third kappa shape index (κ3) is 2.31. The van der Waals surface area contributed by atoms with Gasteiger partial charge in [0.05, 0.1) is 17.8 Å². The fraction of sp³-hybridized carbons (Fsp3) is 0.357. The fourth-order valence-electron chi connectivity index (χ4n) is 2.32. The van der Waals surface area contributed by atoms with Crippen molar-refractivity contribution in [2.24, 2.45) is 5.73 Å². The standard InChI is InChI=1S/C14H16N2O2S/c1-8-16-12(7-19-8)14-6-11(15)10-5-9(17-2)3-4-13(10)18-14/h3-5,7,11,14H,6,15H2,1-2H3/t11-,14?/m0/s1. The zero-order valence-corrected chi connectivity index (χ0v) is 11.7. The summed E-state index contributed by atoms with van der Waals surface area (Å²) < 4.78 is 11.2. The second-order valence-electron chi connectivity index (χ2n) is 4.64. The summed E-state index contributed by atoms with van der Waals surface area (Å²) in [7, 11) is 1.65. The van der Waals surface area contributed by atoms with E-state index < -0.39 is 0 Å². The van der Waals surface area contributed by atoms with Crippen LogP contribution in [0.25, 0.3) is 0 Å². The number of fused-ring (bicyclic) bond motifs is 1. The largest absolute Gasteiger partial charge is 0.497 e. The number of hydrogen-bond donors (Lipinski definition) is 1. The van der Waals surface area contributed by atoms with Crippen molar-refractivity contribution >= 4 is 11.3 Å². The summed E-state index contributed by atoms with van der Waals surface area (Å²) in [5, 5.41) is 3.09. The average molecular weight is 276 g/mol. The minimum atomic E-state index is -0.0548. The lowest BCUT2D eigenvalue weighted by Gasteiger charge is -2.29. The fourth-order valence-corrected chi connectivity index (χ4v) is 2.97. The van der Waals surface area contributed by atoms with Gasteiger partial charge >= 0.3 is 0 Å². The van der Waals surface area contributed by atoms with E-state index in [1.54, 1.807) is 18.4 Å². The Morgan fingerprint density at radius 1 is 1.47 bits per heavy atom. The average Bonchev–Trinajstić information content (AvgIpc) is 2.85. The number of aromatic nitrogens is 1. The normalized spacial score (nSPS) is 21.6. The van der Waals surface area contributed by atoms with Crippen LogP contribution in [0.2, 0.25) is 0 Å². The third-order valence-corrected chi connectivity index (χ3v) is 4.11. The second kappa shape index (κ2) is 4.83. The molecule has 2 aromatic rings. The van der Waals surface area contributed by atoms with Gasteiger partial charge in [0.15, 0.2) is 0 Å². The molecule has 19 heavy (non-hydrogen) atoms. The number of nitrogens with two attached hydrogens (primary N) is 1. The van der Waals surface area contributed by atoms with Crippen LogP contribution in [0.5, 0.6) is 11.5 Å². The van der Waals surface area contributed by atoms with E-state index >= 15 is 0 Å². The van der Waals surface area contributed by atoms with Crippen molar-refractivity contribution in [3.05, 3.63) is 39.8 Å². The molecule has 4 nitrogen and oxygen atoms in total. The maximum atomic E-state index is 6.24. The van der Waals surface area contributed by atoms with Crippen LogP contribution in [-0.4, -0.2) is 12.1 Å². The molecule has 0 bridgehead atoms. The van der Waals surface area contributed by atoms with Crippen molar-refractivity contribution in [3.8, 4) is 11.5 Å². The highest BCUT2D eigenvalue weighted by Gasteiger charge is 2.28. The maximum Gasteiger partial charge on any atom is 0.143 e. The van der Waals surface area contributed by atoms with Gasteiger partial charge in [0.1, 0.15) is 17.6 Å². The number of ether oxygens (including phenoxy) is 2. The highest BCUT2D eigenvalue weighted by atomic mass is 32.1. The van der Waals surface area contributed by atoms with Gasteiger partial charge in [-0.25, -0.2) is 4.98 Å². The first-order valence-electron chi connectivity index (χ1n) is 6.19. The molecular weight excluding hydrogens is 260 g/mol.